The van der Waals surface area contributed by atoms with Crippen LogP contribution in [0.4, 0.5) is 0 Å². The van der Waals surface area contributed by atoms with Crippen LogP contribution in [0.3, 0.4) is 0 Å². The number of rotatable bonds is 6. The maximum atomic E-state index is 5.81. The van der Waals surface area contributed by atoms with Gasteiger partial charge < -0.3 is 9.30 Å². The highest BCUT2D eigenvalue weighted by molar-refractivity contribution is 6.76. The average Bonchev–Trinajstić information content (AvgIpc) is 2.83. The first-order valence-electron chi connectivity index (χ1n) is 6.84. The van der Waals surface area contributed by atoms with Crippen LogP contribution in [0, 0.1) is 0 Å². The molecule has 0 saturated carbocycles. The predicted molar refractivity (Wildman–Crippen MR) is 84.0 cm³/mol. The summed E-state index contributed by atoms with van der Waals surface area (Å²) in [6, 6.07) is 15.9. The molecule has 1 heterocycles. The molecule has 0 bridgehead atoms. The van der Waals surface area contributed by atoms with E-state index in [-0.39, 0.29) is 0 Å². The van der Waals surface area contributed by atoms with E-state index in [1.165, 1.54) is 17.3 Å². The van der Waals surface area contributed by atoms with E-state index in [2.05, 4.69) is 66.8 Å². The normalized spacial score (nSPS) is 11.7. The molecular weight excluding hydrogens is 250 g/mol. The Morgan fingerprint density at radius 3 is 2.42 bits per heavy atom. The number of hydrogen-bond acceptors (Lipinski definition) is 1. The molecule has 0 radical (unpaired) electrons. The molecule has 19 heavy (non-hydrogen) atoms. The molecule has 2 rings (SSSR count). The predicted octanol–water partition coefficient (Wildman–Crippen LogP) is 4.47. The van der Waals surface area contributed by atoms with Crippen molar-refractivity contribution in [2.24, 2.45) is 0 Å². The van der Waals surface area contributed by atoms with Gasteiger partial charge in [0.25, 0.3) is 0 Å². The largest absolute Gasteiger partial charge is 0.361 e. The minimum atomic E-state index is -0.991. The first-order valence-corrected chi connectivity index (χ1v) is 10.6. The Bertz CT molecular complexity index is 499. The van der Waals surface area contributed by atoms with Crippen LogP contribution >= 0.6 is 0 Å². The Balaban J connectivity index is 1.94. The average molecular weight is 273 g/mol. The lowest BCUT2D eigenvalue weighted by Crippen LogP contribution is -2.22. The SMILES string of the molecule is C[Si](C)(C)CCOCn1cccc1-c1ccccc1. The van der Waals surface area contributed by atoms with Crippen molar-refractivity contribution in [1.82, 2.24) is 4.57 Å². The molecule has 2 nitrogen and oxygen atoms in total. The third-order valence-electron chi connectivity index (χ3n) is 3.13. The van der Waals surface area contributed by atoms with Crippen molar-refractivity contribution >= 4 is 8.07 Å². The highest BCUT2D eigenvalue weighted by Crippen LogP contribution is 2.19. The van der Waals surface area contributed by atoms with Crippen molar-refractivity contribution in [3.63, 3.8) is 0 Å². The minimum Gasteiger partial charge on any atom is -0.361 e. The molecule has 1 aromatic carbocycles. The molecule has 0 aliphatic rings. The second-order valence-electron chi connectivity index (χ2n) is 6.08. The summed E-state index contributed by atoms with van der Waals surface area (Å²) < 4.78 is 7.98. The van der Waals surface area contributed by atoms with E-state index < -0.39 is 8.07 Å². The van der Waals surface area contributed by atoms with Crippen molar-refractivity contribution < 1.29 is 4.74 Å². The molecule has 0 saturated heterocycles. The van der Waals surface area contributed by atoms with Crippen LogP contribution in [0.1, 0.15) is 0 Å². The molecule has 0 fully saturated rings. The van der Waals surface area contributed by atoms with Crippen molar-refractivity contribution in [3.05, 3.63) is 48.7 Å². The Morgan fingerprint density at radius 1 is 1.00 bits per heavy atom. The van der Waals surface area contributed by atoms with Crippen molar-refractivity contribution in [2.45, 2.75) is 32.4 Å². The fourth-order valence-corrected chi connectivity index (χ4v) is 2.70. The fourth-order valence-electron chi connectivity index (χ4n) is 1.94. The standard InChI is InChI=1S/C16H23NOSi/c1-19(2,3)13-12-18-14-17-11-7-10-16(17)15-8-5-4-6-9-15/h4-11H,12-14H2,1-3H3. The Kier molecular flexibility index (Phi) is 4.61. The van der Waals surface area contributed by atoms with Gasteiger partial charge in [0.05, 0.1) is 0 Å². The van der Waals surface area contributed by atoms with Gasteiger partial charge in [0, 0.05) is 26.6 Å². The smallest absolute Gasteiger partial charge is 0.122 e. The second-order valence-corrected chi connectivity index (χ2v) is 11.7. The second kappa shape index (κ2) is 6.22. The van der Waals surface area contributed by atoms with Gasteiger partial charge in [0.1, 0.15) is 6.73 Å². The van der Waals surface area contributed by atoms with E-state index in [4.69, 9.17) is 4.74 Å². The van der Waals surface area contributed by atoms with Gasteiger partial charge in [-0.2, -0.15) is 0 Å². The van der Waals surface area contributed by atoms with Gasteiger partial charge in [0.15, 0.2) is 0 Å². The fraction of sp³-hybridized carbons (Fsp3) is 0.375. The molecule has 0 unspecified atom stereocenters. The first-order chi connectivity index (χ1) is 9.06. The first kappa shape index (κ1) is 14.1. The van der Waals surface area contributed by atoms with Gasteiger partial charge >= 0.3 is 0 Å². The lowest BCUT2D eigenvalue weighted by atomic mass is 10.1. The number of aromatic nitrogens is 1. The summed E-state index contributed by atoms with van der Waals surface area (Å²) in [6.07, 6.45) is 2.08. The monoisotopic (exact) mass is 273 g/mol. The highest BCUT2D eigenvalue weighted by atomic mass is 28.3. The topological polar surface area (TPSA) is 14.2 Å². The number of benzene rings is 1. The molecule has 2 aromatic rings. The molecule has 0 aliphatic carbocycles. The van der Waals surface area contributed by atoms with E-state index >= 15 is 0 Å². The molecule has 0 aliphatic heterocycles. The highest BCUT2D eigenvalue weighted by Gasteiger charge is 2.12. The van der Waals surface area contributed by atoms with E-state index in [1.54, 1.807) is 0 Å². The molecule has 0 spiro atoms. The van der Waals surface area contributed by atoms with Gasteiger partial charge in [-0.25, -0.2) is 0 Å². The summed E-state index contributed by atoms with van der Waals surface area (Å²) >= 11 is 0. The van der Waals surface area contributed by atoms with Crippen LogP contribution in [0.15, 0.2) is 48.7 Å². The third kappa shape index (κ3) is 4.37. The van der Waals surface area contributed by atoms with Crippen molar-refractivity contribution in [2.75, 3.05) is 6.61 Å². The van der Waals surface area contributed by atoms with Crippen LogP contribution in [0.2, 0.25) is 25.7 Å². The lowest BCUT2D eigenvalue weighted by molar-refractivity contribution is 0.0885. The van der Waals surface area contributed by atoms with Gasteiger partial charge in [-0.15, -0.1) is 0 Å². The van der Waals surface area contributed by atoms with Crippen LogP contribution in [-0.4, -0.2) is 19.2 Å². The van der Waals surface area contributed by atoms with Crippen molar-refractivity contribution in [3.8, 4) is 11.3 Å². The molecule has 1 aromatic heterocycles. The maximum Gasteiger partial charge on any atom is 0.122 e. The Labute approximate surface area is 117 Å². The van der Waals surface area contributed by atoms with Crippen molar-refractivity contribution in [1.29, 1.82) is 0 Å². The quantitative estimate of drug-likeness (QED) is 0.559. The number of hydrogen-bond donors (Lipinski definition) is 0. The minimum absolute atomic E-state index is 0.641. The van der Waals surface area contributed by atoms with Crippen LogP contribution < -0.4 is 0 Å². The molecule has 0 amide bonds. The summed E-state index contributed by atoms with van der Waals surface area (Å²) in [7, 11) is -0.991. The summed E-state index contributed by atoms with van der Waals surface area (Å²) in [5.74, 6) is 0. The van der Waals surface area contributed by atoms with Gasteiger partial charge in [-0.05, 0) is 23.7 Å². The summed E-state index contributed by atoms with van der Waals surface area (Å²) in [5.41, 5.74) is 2.45. The van der Waals surface area contributed by atoms with Crippen LogP contribution in [0.25, 0.3) is 11.3 Å². The van der Waals surface area contributed by atoms with Crippen LogP contribution in [-0.2, 0) is 11.5 Å². The molecule has 0 atom stereocenters. The number of ether oxygens (including phenoxy) is 1. The Hall–Kier alpha value is -1.32. The van der Waals surface area contributed by atoms with Gasteiger partial charge in [-0.1, -0.05) is 50.0 Å². The van der Waals surface area contributed by atoms with E-state index in [0.29, 0.717) is 6.73 Å². The summed E-state index contributed by atoms with van der Waals surface area (Å²) in [5, 5.41) is 0. The lowest BCUT2D eigenvalue weighted by Gasteiger charge is -2.16. The zero-order valence-electron chi connectivity index (χ0n) is 12.1. The van der Waals surface area contributed by atoms with E-state index in [0.717, 1.165) is 6.61 Å². The van der Waals surface area contributed by atoms with Gasteiger partial charge in [0.2, 0.25) is 0 Å². The zero-order chi connectivity index (χ0) is 13.7. The van der Waals surface area contributed by atoms with Crippen LogP contribution in [0.5, 0.6) is 0 Å². The number of nitrogens with zero attached hydrogens (tertiary/aromatic N) is 1. The third-order valence-corrected chi connectivity index (χ3v) is 4.83. The summed E-state index contributed by atoms with van der Waals surface area (Å²) in [4.78, 5) is 0. The zero-order valence-corrected chi connectivity index (χ0v) is 13.1. The summed E-state index contributed by atoms with van der Waals surface area (Å²) in [6.45, 7) is 8.63. The molecular formula is C16H23NOSi. The maximum absolute atomic E-state index is 5.81. The Morgan fingerprint density at radius 2 is 1.74 bits per heavy atom. The molecule has 0 N–H and O–H groups in total. The van der Waals surface area contributed by atoms with Gasteiger partial charge in [-0.3, -0.25) is 0 Å². The van der Waals surface area contributed by atoms with E-state index in [1.807, 2.05) is 6.07 Å². The molecule has 3 heteroatoms. The molecule has 102 valence electrons. The van der Waals surface area contributed by atoms with E-state index in [9.17, 15) is 0 Å².